The number of benzene rings is 1. The number of para-hydroxylation sites is 1. The van der Waals surface area contributed by atoms with Gasteiger partial charge in [0.2, 0.25) is 0 Å². The third-order valence-corrected chi connectivity index (χ3v) is 2.78. The van der Waals surface area contributed by atoms with Crippen LogP contribution < -0.4 is 10.1 Å². The fourth-order valence-electron chi connectivity index (χ4n) is 1.75. The van der Waals surface area contributed by atoms with E-state index in [1.807, 2.05) is 19.9 Å². The molecule has 0 saturated carbocycles. The molecular weight excluding hydrogens is 243 g/mol. The zero-order valence-corrected chi connectivity index (χ0v) is 11.1. The van der Waals surface area contributed by atoms with E-state index in [1.165, 1.54) is 6.07 Å². The average molecular weight is 260 g/mol. The van der Waals surface area contributed by atoms with E-state index < -0.39 is 0 Å². The summed E-state index contributed by atoms with van der Waals surface area (Å²) in [5.41, 5.74) is 1.53. The maximum Gasteiger partial charge on any atom is 0.167 e. The van der Waals surface area contributed by atoms with Gasteiger partial charge in [-0.2, -0.15) is 0 Å². The lowest BCUT2D eigenvalue weighted by molar-refractivity contribution is 0.429. The van der Waals surface area contributed by atoms with Gasteiger partial charge in [-0.25, -0.2) is 4.39 Å². The van der Waals surface area contributed by atoms with Crippen LogP contribution in [0.2, 0.25) is 0 Å². The van der Waals surface area contributed by atoms with Crippen LogP contribution in [0.1, 0.15) is 18.2 Å². The molecule has 0 fully saturated rings. The van der Waals surface area contributed by atoms with Crippen molar-refractivity contribution in [3.05, 3.63) is 53.6 Å². The molecule has 0 atom stereocenters. The van der Waals surface area contributed by atoms with Gasteiger partial charge >= 0.3 is 0 Å². The van der Waals surface area contributed by atoms with Crippen LogP contribution in [-0.2, 0) is 6.54 Å². The molecule has 1 N–H and O–H groups in total. The van der Waals surface area contributed by atoms with E-state index in [0.29, 0.717) is 12.3 Å². The van der Waals surface area contributed by atoms with E-state index in [2.05, 4.69) is 10.3 Å². The first-order valence-corrected chi connectivity index (χ1v) is 6.30. The monoisotopic (exact) mass is 260 g/mol. The van der Waals surface area contributed by atoms with E-state index in [4.69, 9.17) is 4.74 Å². The van der Waals surface area contributed by atoms with E-state index in [0.717, 1.165) is 17.8 Å². The highest BCUT2D eigenvalue weighted by atomic mass is 19.1. The molecule has 0 spiro atoms. The van der Waals surface area contributed by atoms with Gasteiger partial charge in [0, 0.05) is 18.3 Å². The number of nitrogens with one attached hydrogen (secondary N) is 1. The topological polar surface area (TPSA) is 34.1 Å². The minimum absolute atomic E-state index is 0.263. The lowest BCUT2D eigenvalue weighted by Crippen LogP contribution is -2.13. The molecule has 1 aromatic heterocycles. The highest BCUT2D eigenvalue weighted by Crippen LogP contribution is 2.29. The molecule has 0 radical (unpaired) electrons. The summed E-state index contributed by atoms with van der Waals surface area (Å²) < 4.78 is 19.6. The smallest absolute Gasteiger partial charge is 0.167 e. The Morgan fingerprint density at radius 2 is 2.11 bits per heavy atom. The average Bonchev–Trinajstić information content (AvgIpc) is 2.41. The molecule has 4 heteroatoms. The quantitative estimate of drug-likeness (QED) is 0.894. The highest BCUT2D eigenvalue weighted by molar-refractivity contribution is 5.40. The molecule has 1 heterocycles. The Morgan fingerprint density at radius 1 is 1.26 bits per heavy atom. The van der Waals surface area contributed by atoms with Crippen molar-refractivity contribution in [2.24, 2.45) is 0 Å². The van der Waals surface area contributed by atoms with Crippen LogP contribution in [0.5, 0.6) is 11.5 Å². The van der Waals surface area contributed by atoms with Gasteiger partial charge in [-0.1, -0.05) is 19.1 Å². The summed E-state index contributed by atoms with van der Waals surface area (Å²) in [6.07, 6.45) is 1.68. The van der Waals surface area contributed by atoms with Crippen LogP contribution in [0, 0.1) is 12.7 Å². The van der Waals surface area contributed by atoms with E-state index >= 15 is 0 Å². The summed E-state index contributed by atoms with van der Waals surface area (Å²) in [6.45, 7) is 5.23. The van der Waals surface area contributed by atoms with Crippen LogP contribution in [-0.4, -0.2) is 11.5 Å². The van der Waals surface area contributed by atoms with Gasteiger partial charge in [0.25, 0.3) is 0 Å². The van der Waals surface area contributed by atoms with Gasteiger partial charge in [-0.3, -0.25) is 4.98 Å². The van der Waals surface area contributed by atoms with Crippen molar-refractivity contribution in [2.45, 2.75) is 20.4 Å². The van der Waals surface area contributed by atoms with Crippen LogP contribution >= 0.6 is 0 Å². The Balaban J connectivity index is 2.31. The van der Waals surface area contributed by atoms with E-state index in [9.17, 15) is 4.39 Å². The van der Waals surface area contributed by atoms with Crippen molar-refractivity contribution in [1.29, 1.82) is 0 Å². The second-order valence-electron chi connectivity index (χ2n) is 4.20. The zero-order valence-electron chi connectivity index (χ0n) is 11.1. The lowest BCUT2D eigenvalue weighted by Gasteiger charge is -2.13. The maximum atomic E-state index is 13.9. The third-order valence-electron chi connectivity index (χ3n) is 2.78. The number of hydrogen-bond donors (Lipinski definition) is 1. The number of pyridine rings is 1. The minimum Gasteiger partial charge on any atom is -0.452 e. The molecule has 0 aliphatic carbocycles. The molecule has 0 aliphatic heterocycles. The summed E-state index contributed by atoms with van der Waals surface area (Å²) in [5.74, 6) is 0.476. The van der Waals surface area contributed by atoms with Crippen LogP contribution in [0.15, 0.2) is 36.5 Å². The molecule has 0 aliphatic rings. The van der Waals surface area contributed by atoms with E-state index in [-0.39, 0.29) is 11.6 Å². The fraction of sp³-hybridized carbons (Fsp3) is 0.267. The van der Waals surface area contributed by atoms with Crippen molar-refractivity contribution in [2.75, 3.05) is 6.54 Å². The normalized spacial score (nSPS) is 10.5. The standard InChI is InChI=1S/C15H17FN2O/c1-3-17-10-12-6-4-7-13(16)15(12)19-14-8-5-9-18-11(14)2/h4-9,17H,3,10H2,1-2H3. The second-order valence-corrected chi connectivity index (χ2v) is 4.20. The Morgan fingerprint density at radius 3 is 2.84 bits per heavy atom. The highest BCUT2D eigenvalue weighted by Gasteiger charge is 2.12. The molecule has 19 heavy (non-hydrogen) atoms. The SMILES string of the molecule is CCNCc1cccc(F)c1Oc1cccnc1C. The molecule has 0 unspecified atom stereocenters. The number of halogens is 1. The molecule has 2 rings (SSSR count). The van der Waals surface area contributed by atoms with Gasteiger partial charge in [0.1, 0.15) is 5.75 Å². The molecule has 100 valence electrons. The summed E-state index contributed by atoms with van der Waals surface area (Å²) >= 11 is 0. The second kappa shape index (κ2) is 6.29. The molecule has 3 nitrogen and oxygen atoms in total. The number of aromatic nitrogens is 1. The van der Waals surface area contributed by atoms with Gasteiger partial charge in [0.15, 0.2) is 11.6 Å². The van der Waals surface area contributed by atoms with Crippen molar-refractivity contribution in [3.63, 3.8) is 0 Å². The molecular formula is C15H17FN2O. The molecule has 0 amide bonds. The van der Waals surface area contributed by atoms with Gasteiger partial charge < -0.3 is 10.1 Å². The van der Waals surface area contributed by atoms with Gasteiger partial charge in [-0.15, -0.1) is 0 Å². The Kier molecular flexibility index (Phi) is 4.47. The summed E-state index contributed by atoms with van der Waals surface area (Å²) in [4.78, 5) is 4.13. The minimum atomic E-state index is -0.362. The number of nitrogens with zero attached hydrogens (tertiary/aromatic N) is 1. The van der Waals surface area contributed by atoms with Crippen LogP contribution in [0.3, 0.4) is 0 Å². The predicted octanol–water partition coefficient (Wildman–Crippen LogP) is 3.43. The van der Waals surface area contributed by atoms with Crippen molar-refractivity contribution >= 4 is 0 Å². The summed E-state index contributed by atoms with van der Waals surface area (Å²) in [5, 5.41) is 3.17. The van der Waals surface area contributed by atoms with Crippen LogP contribution in [0.4, 0.5) is 4.39 Å². The molecule has 0 saturated heterocycles. The van der Waals surface area contributed by atoms with Crippen molar-refractivity contribution < 1.29 is 9.13 Å². The summed E-state index contributed by atoms with van der Waals surface area (Å²) in [6, 6.07) is 8.49. The first-order valence-electron chi connectivity index (χ1n) is 6.30. The predicted molar refractivity (Wildman–Crippen MR) is 72.8 cm³/mol. The number of hydrogen-bond acceptors (Lipinski definition) is 3. The maximum absolute atomic E-state index is 13.9. The molecule has 2 aromatic rings. The van der Waals surface area contributed by atoms with Gasteiger partial charge in [0.05, 0.1) is 5.69 Å². The number of rotatable bonds is 5. The van der Waals surface area contributed by atoms with Crippen molar-refractivity contribution in [3.8, 4) is 11.5 Å². The zero-order chi connectivity index (χ0) is 13.7. The molecule has 0 bridgehead atoms. The Hall–Kier alpha value is -1.94. The fourth-order valence-corrected chi connectivity index (χ4v) is 1.75. The summed E-state index contributed by atoms with van der Waals surface area (Å²) in [7, 11) is 0. The number of aryl methyl sites for hydroxylation is 1. The van der Waals surface area contributed by atoms with Crippen LogP contribution in [0.25, 0.3) is 0 Å². The third kappa shape index (κ3) is 3.29. The number of ether oxygens (including phenoxy) is 1. The Bertz CT molecular complexity index is 558. The Labute approximate surface area is 112 Å². The van der Waals surface area contributed by atoms with E-state index in [1.54, 1.807) is 24.4 Å². The molecule has 1 aromatic carbocycles. The largest absolute Gasteiger partial charge is 0.452 e. The first-order chi connectivity index (χ1) is 9.22. The first kappa shape index (κ1) is 13.5. The lowest BCUT2D eigenvalue weighted by atomic mass is 10.2. The van der Waals surface area contributed by atoms with Gasteiger partial charge in [-0.05, 0) is 31.7 Å². The van der Waals surface area contributed by atoms with Crippen molar-refractivity contribution in [1.82, 2.24) is 10.3 Å².